The maximum atomic E-state index is 12.3. The zero-order valence-corrected chi connectivity index (χ0v) is 15.1. The molecule has 1 amide bonds. The van der Waals surface area contributed by atoms with E-state index < -0.39 is 6.04 Å². The number of aromatic amines is 1. The Morgan fingerprint density at radius 2 is 1.96 bits per heavy atom. The van der Waals surface area contributed by atoms with Gasteiger partial charge in [0.15, 0.2) is 0 Å². The molecule has 4 N–H and O–H groups in total. The Balaban J connectivity index is 1.59. The number of nitrogens with two attached hydrogens (primary N) is 1. The van der Waals surface area contributed by atoms with Crippen molar-refractivity contribution in [3.63, 3.8) is 0 Å². The summed E-state index contributed by atoms with van der Waals surface area (Å²) in [6, 6.07) is -0.718. The van der Waals surface area contributed by atoms with Crippen LogP contribution in [0.4, 0.5) is 0 Å². The van der Waals surface area contributed by atoms with Crippen LogP contribution in [0.3, 0.4) is 0 Å². The largest absolute Gasteiger partial charge is 0.354 e. The first-order valence-corrected chi connectivity index (χ1v) is 8.87. The molecule has 1 unspecified atom stereocenters. The Hall–Kier alpha value is -2.28. The van der Waals surface area contributed by atoms with Crippen molar-refractivity contribution in [2.75, 3.05) is 6.54 Å². The van der Waals surface area contributed by atoms with E-state index in [0.717, 1.165) is 41.3 Å². The van der Waals surface area contributed by atoms with Gasteiger partial charge in [-0.3, -0.25) is 9.89 Å². The van der Waals surface area contributed by atoms with Crippen LogP contribution in [0.25, 0.3) is 0 Å². The summed E-state index contributed by atoms with van der Waals surface area (Å²) in [4.78, 5) is 21.6. The maximum Gasteiger partial charge on any atom is 0.241 e. The highest BCUT2D eigenvalue weighted by molar-refractivity contribution is 5.83. The Labute approximate surface area is 147 Å². The molecule has 1 aliphatic carbocycles. The number of aryl methyl sites for hydroxylation is 4. The first-order chi connectivity index (χ1) is 12.0. The topological polar surface area (TPSA) is 110 Å². The lowest BCUT2D eigenvalue weighted by Gasteiger charge is -2.18. The lowest BCUT2D eigenvalue weighted by atomic mass is 9.95. The van der Waals surface area contributed by atoms with E-state index in [1.165, 1.54) is 24.1 Å². The van der Waals surface area contributed by atoms with Crippen LogP contribution >= 0.6 is 0 Å². The fraction of sp³-hybridized carbons (Fsp3) is 0.556. The predicted octanol–water partition coefficient (Wildman–Crippen LogP) is 1.36. The van der Waals surface area contributed by atoms with Gasteiger partial charge in [-0.05, 0) is 52.0 Å². The van der Waals surface area contributed by atoms with Crippen molar-refractivity contribution in [3.8, 4) is 0 Å². The smallest absolute Gasteiger partial charge is 0.241 e. The van der Waals surface area contributed by atoms with Gasteiger partial charge < -0.3 is 11.1 Å². The summed E-state index contributed by atoms with van der Waals surface area (Å²) in [5.41, 5.74) is 12.0. The molecular weight excluding hydrogens is 316 g/mol. The van der Waals surface area contributed by atoms with Gasteiger partial charge in [-0.15, -0.1) is 0 Å². The fourth-order valence-electron chi connectivity index (χ4n) is 3.51. The minimum absolute atomic E-state index is 0.206. The van der Waals surface area contributed by atoms with Crippen LogP contribution in [-0.2, 0) is 24.1 Å². The summed E-state index contributed by atoms with van der Waals surface area (Å²) in [6.07, 6.45) is 5.13. The molecule has 0 aliphatic heterocycles. The number of H-pyrrole nitrogens is 1. The van der Waals surface area contributed by atoms with Gasteiger partial charge in [-0.2, -0.15) is 5.10 Å². The van der Waals surface area contributed by atoms with E-state index in [9.17, 15) is 4.79 Å². The third kappa shape index (κ3) is 3.71. The Morgan fingerprint density at radius 1 is 1.20 bits per heavy atom. The molecule has 2 aromatic rings. The van der Waals surface area contributed by atoms with Gasteiger partial charge in [0, 0.05) is 35.6 Å². The van der Waals surface area contributed by atoms with E-state index in [0.29, 0.717) is 13.0 Å². The number of carbonyl (C=O) groups excluding carboxylic acids is 1. The molecule has 7 nitrogen and oxygen atoms in total. The van der Waals surface area contributed by atoms with Gasteiger partial charge in [0.05, 0.1) is 5.69 Å². The lowest BCUT2D eigenvalue weighted by Crippen LogP contribution is -2.36. The van der Waals surface area contributed by atoms with Crippen LogP contribution < -0.4 is 11.1 Å². The van der Waals surface area contributed by atoms with Crippen LogP contribution in [0.5, 0.6) is 0 Å². The highest BCUT2D eigenvalue weighted by atomic mass is 16.2. The summed E-state index contributed by atoms with van der Waals surface area (Å²) >= 11 is 0. The molecule has 0 saturated carbocycles. The van der Waals surface area contributed by atoms with Gasteiger partial charge in [-0.1, -0.05) is 0 Å². The highest BCUT2D eigenvalue weighted by Gasteiger charge is 2.22. The average Bonchev–Trinajstić information content (AvgIpc) is 2.93. The summed E-state index contributed by atoms with van der Waals surface area (Å²) in [5.74, 6) is 0.588. The first kappa shape index (κ1) is 17.5. The molecule has 1 atom stereocenters. The minimum atomic E-state index is -0.718. The normalized spacial score (nSPS) is 14.9. The van der Waals surface area contributed by atoms with E-state index >= 15 is 0 Å². The molecule has 134 valence electrons. The number of nitrogens with zero attached hydrogens (tertiary/aromatic N) is 3. The summed E-state index contributed by atoms with van der Waals surface area (Å²) in [5, 5.41) is 9.84. The van der Waals surface area contributed by atoms with Crippen LogP contribution in [0, 0.1) is 20.8 Å². The SMILES string of the molecule is Cc1nc(CCNC(=O)C(N)c2c(C)n[nH]c2C)nc2c1CCCC2. The van der Waals surface area contributed by atoms with E-state index in [-0.39, 0.29) is 5.91 Å². The third-order valence-electron chi connectivity index (χ3n) is 4.86. The standard InChI is InChI=1S/C18H26N6O/c1-10-13-6-4-5-7-14(13)22-15(21-10)8-9-20-18(25)17(19)16-11(2)23-24-12(16)3/h17H,4-9,19H2,1-3H3,(H,20,25)(H,23,24). The molecule has 7 heteroatoms. The number of aromatic nitrogens is 4. The second-order valence-corrected chi connectivity index (χ2v) is 6.72. The lowest BCUT2D eigenvalue weighted by molar-refractivity contribution is -0.122. The van der Waals surface area contributed by atoms with Crippen LogP contribution in [-0.4, -0.2) is 32.6 Å². The molecule has 0 radical (unpaired) electrons. The van der Waals surface area contributed by atoms with Crippen molar-refractivity contribution in [3.05, 3.63) is 39.7 Å². The van der Waals surface area contributed by atoms with Gasteiger partial charge in [-0.25, -0.2) is 9.97 Å². The van der Waals surface area contributed by atoms with Gasteiger partial charge in [0.25, 0.3) is 0 Å². The molecule has 0 saturated heterocycles. The van der Waals surface area contributed by atoms with E-state index in [1.54, 1.807) is 0 Å². The quantitative estimate of drug-likeness (QED) is 0.760. The van der Waals surface area contributed by atoms with E-state index in [2.05, 4.69) is 25.5 Å². The molecular formula is C18H26N6O. The number of hydrogen-bond donors (Lipinski definition) is 3. The molecule has 0 bridgehead atoms. The van der Waals surface area contributed by atoms with Crippen molar-refractivity contribution in [1.82, 2.24) is 25.5 Å². The zero-order chi connectivity index (χ0) is 18.0. The summed E-state index contributed by atoms with van der Waals surface area (Å²) in [7, 11) is 0. The second-order valence-electron chi connectivity index (χ2n) is 6.72. The van der Waals surface area contributed by atoms with Crippen molar-refractivity contribution >= 4 is 5.91 Å². The molecule has 1 aliphatic rings. The number of hydrogen-bond acceptors (Lipinski definition) is 5. The Bertz CT molecular complexity index is 763. The third-order valence-corrected chi connectivity index (χ3v) is 4.86. The number of nitrogens with one attached hydrogen (secondary N) is 2. The minimum Gasteiger partial charge on any atom is -0.354 e. The number of rotatable bonds is 5. The van der Waals surface area contributed by atoms with E-state index in [4.69, 9.17) is 5.73 Å². The predicted molar refractivity (Wildman–Crippen MR) is 95.1 cm³/mol. The molecule has 3 rings (SSSR count). The van der Waals surface area contributed by atoms with Crippen LogP contribution in [0.1, 0.15) is 58.6 Å². The number of carbonyl (C=O) groups is 1. The second kappa shape index (κ2) is 7.31. The Kier molecular flexibility index (Phi) is 5.13. The molecule has 25 heavy (non-hydrogen) atoms. The first-order valence-electron chi connectivity index (χ1n) is 8.87. The molecule has 0 fully saturated rings. The molecule has 2 aromatic heterocycles. The van der Waals surface area contributed by atoms with Gasteiger partial charge >= 0.3 is 0 Å². The molecule has 0 aromatic carbocycles. The average molecular weight is 342 g/mol. The van der Waals surface area contributed by atoms with Crippen molar-refractivity contribution < 1.29 is 4.79 Å². The van der Waals surface area contributed by atoms with Gasteiger partial charge in [0.2, 0.25) is 5.91 Å². The van der Waals surface area contributed by atoms with Crippen LogP contribution in [0.2, 0.25) is 0 Å². The zero-order valence-electron chi connectivity index (χ0n) is 15.1. The fourth-order valence-corrected chi connectivity index (χ4v) is 3.51. The van der Waals surface area contributed by atoms with Crippen molar-refractivity contribution in [2.24, 2.45) is 5.73 Å². The number of amides is 1. The van der Waals surface area contributed by atoms with Crippen molar-refractivity contribution in [1.29, 1.82) is 0 Å². The summed E-state index contributed by atoms with van der Waals surface area (Å²) in [6.45, 7) is 6.23. The van der Waals surface area contributed by atoms with Crippen LogP contribution in [0.15, 0.2) is 0 Å². The monoisotopic (exact) mass is 342 g/mol. The molecule has 0 spiro atoms. The summed E-state index contributed by atoms with van der Waals surface area (Å²) < 4.78 is 0. The van der Waals surface area contributed by atoms with E-state index in [1.807, 2.05) is 20.8 Å². The van der Waals surface area contributed by atoms with Gasteiger partial charge in [0.1, 0.15) is 11.9 Å². The number of fused-ring (bicyclic) bond motifs is 1. The van der Waals surface area contributed by atoms with Crippen molar-refractivity contribution in [2.45, 2.75) is 58.9 Å². The Morgan fingerprint density at radius 3 is 2.68 bits per heavy atom. The highest BCUT2D eigenvalue weighted by Crippen LogP contribution is 2.21. The molecule has 2 heterocycles. The maximum absolute atomic E-state index is 12.3.